The third-order valence-corrected chi connectivity index (χ3v) is 2.78. The molecular weight excluding hydrogens is 285 g/mol. The molecule has 0 aliphatic rings. The van der Waals surface area contributed by atoms with Crippen molar-refractivity contribution in [1.82, 2.24) is 4.98 Å². The van der Waals surface area contributed by atoms with E-state index in [1.165, 1.54) is 18.5 Å². The summed E-state index contributed by atoms with van der Waals surface area (Å²) in [5.74, 6) is -0.200. The van der Waals surface area contributed by atoms with Gasteiger partial charge in [-0.05, 0) is 29.8 Å². The molecule has 0 fully saturated rings. The van der Waals surface area contributed by atoms with Crippen molar-refractivity contribution in [2.24, 2.45) is 5.73 Å². The van der Waals surface area contributed by atoms with E-state index in [1.807, 2.05) is 0 Å². The van der Waals surface area contributed by atoms with E-state index in [0.29, 0.717) is 5.56 Å². The first kappa shape index (κ1) is 14.8. The minimum atomic E-state index is -4.56. The van der Waals surface area contributed by atoms with E-state index < -0.39 is 17.8 Å². The summed E-state index contributed by atoms with van der Waals surface area (Å²) >= 11 is 0. The van der Waals surface area contributed by atoms with Gasteiger partial charge in [-0.15, -0.1) is 0 Å². The number of nitrogens with zero attached hydrogens (tertiary/aromatic N) is 1. The summed E-state index contributed by atoms with van der Waals surface area (Å²) in [6.45, 7) is 0. The van der Waals surface area contributed by atoms with Crippen molar-refractivity contribution in [2.75, 3.05) is 0 Å². The van der Waals surface area contributed by atoms with Gasteiger partial charge in [0, 0.05) is 24.4 Å². The number of benzene rings is 1. The van der Waals surface area contributed by atoms with E-state index in [-0.39, 0.29) is 17.7 Å². The monoisotopic (exact) mass is 296 g/mol. The highest BCUT2D eigenvalue weighted by atomic mass is 19.4. The SMILES string of the molecule is NC(=O)Oc1cccc(C(F)(F)F)c1Cc1ccncc1. The van der Waals surface area contributed by atoms with Crippen molar-refractivity contribution in [3.05, 3.63) is 59.4 Å². The van der Waals surface area contributed by atoms with Gasteiger partial charge >= 0.3 is 12.3 Å². The summed E-state index contributed by atoms with van der Waals surface area (Å²) < 4.78 is 43.9. The summed E-state index contributed by atoms with van der Waals surface area (Å²) in [5.41, 5.74) is 4.49. The van der Waals surface area contributed by atoms with Crippen LogP contribution in [0.2, 0.25) is 0 Å². The number of carbonyl (C=O) groups excluding carboxylic acids is 1. The lowest BCUT2D eigenvalue weighted by Gasteiger charge is -2.16. The van der Waals surface area contributed by atoms with Gasteiger partial charge in [-0.25, -0.2) is 4.79 Å². The molecular formula is C14H11F3N2O2. The molecule has 1 heterocycles. The zero-order valence-electron chi connectivity index (χ0n) is 10.7. The molecule has 0 unspecified atom stereocenters. The number of aromatic nitrogens is 1. The molecule has 2 N–H and O–H groups in total. The van der Waals surface area contributed by atoms with E-state index in [1.54, 1.807) is 12.1 Å². The van der Waals surface area contributed by atoms with Crippen molar-refractivity contribution < 1.29 is 22.7 Å². The molecule has 1 aromatic carbocycles. The van der Waals surface area contributed by atoms with Crippen LogP contribution in [0.15, 0.2) is 42.7 Å². The number of nitrogens with two attached hydrogens (primary N) is 1. The molecule has 110 valence electrons. The van der Waals surface area contributed by atoms with Crippen molar-refractivity contribution in [2.45, 2.75) is 12.6 Å². The summed E-state index contributed by atoms with van der Waals surface area (Å²) in [7, 11) is 0. The molecule has 0 aliphatic heterocycles. The molecule has 21 heavy (non-hydrogen) atoms. The molecule has 1 aromatic heterocycles. The Bertz CT molecular complexity index is 642. The lowest BCUT2D eigenvalue weighted by molar-refractivity contribution is -0.138. The number of ether oxygens (including phenoxy) is 1. The van der Waals surface area contributed by atoms with Gasteiger partial charge in [-0.3, -0.25) is 4.98 Å². The van der Waals surface area contributed by atoms with Crippen LogP contribution in [0.25, 0.3) is 0 Å². The van der Waals surface area contributed by atoms with Crippen LogP contribution in [-0.4, -0.2) is 11.1 Å². The molecule has 2 rings (SSSR count). The van der Waals surface area contributed by atoms with E-state index in [0.717, 1.165) is 12.1 Å². The second-order valence-corrected chi connectivity index (χ2v) is 4.23. The van der Waals surface area contributed by atoms with E-state index in [4.69, 9.17) is 5.73 Å². The first-order chi connectivity index (χ1) is 9.88. The number of hydrogen-bond acceptors (Lipinski definition) is 3. The average Bonchev–Trinajstić information content (AvgIpc) is 2.40. The highest BCUT2D eigenvalue weighted by Gasteiger charge is 2.34. The topological polar surface area (TPSA) is 65.2 Å². The van der Waals surface area contributed by atoms with Gasteiger partial charge in [0.2, 0.25) is 0 Å². The smallest absolute Gasteiger partial charge is 0.410 e. The lowest BCUT2D eigenvalue weighted by atomic mass is 9.99. The summed E-state index contributed by atoms with van der Waals surface area (Å²) in [6, 6.07) is 6.54. The maximum Gasteiger partial charge on any atom is 0.416 e. The van der Waals surface area contributed by atoms with Gasteiger partial charge in [-0.2, -0.15) is 13.2 Å². The summed E-state index contributed by atoms with van der Waals surface area (Å²) in [4.78, 5) is 14.6. The van der Waals surface area contributed by atoms with Gasteiger partial charge in [0.05, 0.1) is 5.56 Å². The van der Waals surface area contributed by atoms with Crippen LogP contribution in [0.1, 0.15) is 16.7 Å². The minimum Gasteiger partial charge on any atom is -0.410 e. The molecule has 1 amide bonds. The molecule has 0 saturated carbocycles. The Morgan fingerprint density at radius 2 is 1.86 bits per heavy atom. The second kappa shape index (κ2) is 5.82. The number of hydrogen-bond donors (Lipinski definition) is 1. The molecule has 0 radical (unpaired) electrons. The average molecular weight is 296 g/mol. The summed E-state index contributed by atoms with van der Waals surface area (Å²) in [5, 5.41) is 0. The number of alkyl halides is 3. The lowest BCUT2D eigenvalue weighted by Crippen LogP contribution is -2.19. The minimum absolute atomic E-state index is 0.0547. The molecule has 2 aromatic rings. The van der Waals surface area contributed by atoms with Crippen LogP contribution in [0.3, 0.4) is 0 Å². The number of halogens is 3. The first-order valence-corrected chi connectivity index (χ1v) is 5.93. The zero-order valence-corrected chi connectivity index (χ0v) is 10.7. The van der Waals surface area contributed by atoms with Crippen LogP contribution >= 0.6 is 0 Å². The number of pyridine rings is 1. The number of amides is 1. The predicted octanol–water partition coefficient (Wildman–Crippen LogP) is 3.15. The molecule has 0 atom stereocenters. The van der Waals surface area contributed by atoms with Gasteiger partial charge < -0.3 is 10.5 Å². The Hall–Kier alpha value is -2.57. The highest BCUT2D eigenvalue weighted by Crippen LogP contribution is 2.37. The molecule has 0 bridgehead atoms. The maximum absolute atomic E-state index is 13.1. The Balaban J connectivity index is 2.50. The molecule has 7 heteroatoms. The first-order valence-electron chi connectivity index (χ1n) is 5.93. The Kier molecular flexibility index (Phi) is 4.11. The molecule has 0 spiro atoms. The fourth-order valence-corrected chi connectivity index (χ4v) is 1.92. The van der Waals surface area contributed by atoms with Gasteiger partial charge in [0.25, 0.3) is 0 Å². The standard InChI is InChI=1S/C14H11F3N2O2/c15-14(16,17)11-2-1-3-12(21-13(18)20)10(11)8-9-4-6-19-7-5-9/h1-7H,8H2,(H2,18,20). The second-order valence-electron chi connectivity index (χ2n) is 4.23. The quantitative estimate of drug-likeness (QED) is 0.946. The Labute approximate surface area is 118 Å². The van der Waals surface area contributed by atoms with Crippen molar-refractivity contribution in [3.8, 4) is 5.75 Å². The fourth-order valence-electron chi connectivity index (χ4n) is 1.92. The van der Waals surface area contributed by atoms with Crippen molar-refractivity contribution in [1.29, 1.82) is 0 Å². The third-order valence-electron chi connectivity index (χ3n) is 2.78. The van der Waals surface area contributed by atoms with Gasteiger partial charge in [0.1, 0.15) is 5.75 Å². The van der Waals surface area contributed by atoms with Crippen molar-refractivity contribution >= 4 is 6.09 Å². The number of primary amides is 1. The highest BCUT2D eigenvalue weighted by molar-refractivity contribution is 5.69. The normalized spacial score (nSPS) is 11.2. The van der Waals surface area contributed by atoms with Crippen molar-refractivity contribution in [3.63, 3.8) is 0 Å². The largest absolute Gasteiger partial charge is 0.416 e. The Morgan fingerprint density at radius 3 is 2.43 bits per heavy atom. The van der Waals surface area contributed by atoms with Crippen LogP contribution in [-0.2, 0) is 12.6 Å². The Morgan fingerprint density at radius 1 is 1.19 bits per heavy atom. The zero-order chi connectivity index (χ0) is 15.5. The fraction of sp³-hybridized carbons (Fsp3) is 0.143. The number of rotatable bonds is 3. The van der Waals surface area contributed by atoms with E-state index in [9.17, 15) is 18.0 Å². The van der Waals surface area contributed by atoms with Gasteiger partial charge in [-0.1, -0.05) is 6.07 Å². The van der Waals surface area contributed by atoms with Crippen LogP contribution in [0.5, 0.6) is 5.75 Å². The van der Waals surface area contributed by atoms with Gasteiger partial charge in [0.15, 0.2) is 0 Å². The summed E-state index contributed by atoms with van der Waals surface area (Å²) in [6.07, 6.45) is -2.83. The van der Waals surface area contributed by atoms with Crippen LogP contribution in [0, 0.1) is 0 Å². The molecule has 0 saturated heterocycles. The van der Waals surface area contributed by atoms with Crippen LogP contribution < -0.4 is 10.5 Å². The molecule has 4 nitrogen and oxygen atoms in total. The van der Waals surface area contributed by atoms with Crippen LogP contribution in [0.4, 0.5) is 18.0 Å². The predicted molar refractivity (Wildman–Crippen MR) is 68.7 cm³/mol. The van der Waals surface area contributed by atoms with E-state index in [2.05, 4.69) is 9.72 Å². The number of carbonyl (C=O) groups is 1. The maximum atomic E-state index is 13.1. The molecule has 0 aliphatic carbocycles. The third kappa shape index (κ3) is 3.71. The van der Waals surface area contributed by atoms with E-state index >= 15 is 0 Å².